The van der Waals surface area contributed by atoms with Crippen LogP contribution in [0.5, 0.6) is 0 Å². The summed E-state index contributed by atoms with van der Waals surface area (Å²) in [7, 11) is 0. The van der Waals surface area contributed by atoms with Crippen LogP contribution in [0.3, 0.4) is 0 Å². The first-order valence-electron chi connectivity index (χ1n) is 11.4. The average molecular weight is 543 g/mol. The molecule has 0 spiro atoms. The second kappa shape index (κ2) is 12.5. The number of pyridine rings is 1. The zero-order valence-corrected chi connectivity index (χ0v) is 21.1. The Kier molecular flexibility index (Phi) is 9.67. The van der Waals surface area contributed by atoms with Crippen molar-refractivity contribution >= 4 is 22.7 Å². The summed E-state index contributed by atoms with van der Waals surface area (Å²) < 4.78 is 2.41. The molecule has 1 heterocycles. The van der Waals surface area contributed by atoms with Gasteiger partial charge in [-0.05, 0) is 36.6 Å². The summed E-state index contributed by atoms with van der Waals surface area (Å²) in [5.74, 6) is 0.993. The molecule has 3 aromatic rings. The van der Waals surface area contributed by atoms with Crippen molar-refractivity contribution < 1.29 is 28.5 Å². The molecular weight excluding hydrogens is 511 g/mol. The maximum atomic E-state index is 9.42. The number of halogens is 1. The minimum atomic E-state index is 0. The highest BCUT2D eigenvalue weighted by atomic mass is 127. The summed E-state index contributed by atoms with van der Waals surface area (Å²) in [4.78, 5) is 2.22. The summed E-state index contributed by atoms with van der Waals surface area (Å²) in [6.07, 6.45) is 14.9. The van der Waals surface area contributed by atoms with Crippen LogP contribution in [0.4, 0.5) is 0 Å². The van der Waals surface area contributed by atoms with E-state index in [1.54, 1.807) is 11.8 Å². The molecule has 2 nitrogen and oxygen atoms in total. The molecule has 4 rings (SSSR count). The second-order valence-electron chi connectivity index (χ2n) is 8.49. The van der Waals surface area contributed by atoms with Crippen molar-refractivity contribution in [3.05, 3.63) is 66.4 Å². The van der Waals surface area contributed by atoms with Crippen molar-refractivity contribution in [2.24, 2.45) is 5.92 Å². The van der Waals surface area contributed by atoms with Crippen LogP contribution in [0.25, 0.3) is 10.9 Å². The molecular formula is C27H31IN2S. The number of hydrogen-bond donors (Lipinski definition) is 0. The SMILES string of the molecule is N#Cc1ccccc1Sc1cc2ccccc2[n+](CCCCCC2CCCCC2)c1.[I-]. The van der Waals surface area contributed by atoms with Gasteiger partial charge in [0.05, 0.1) is 10.5 Å². The first-order chi connectivity index (χ1) is 14.8. The first kappa shape index (κ1) is 24.1. The predicted molar refractivity (Wildman–Crippen MR) is 124 cm³/mol. The molecule has 0 amide bonds. The van der Waals surface area contributed by atoms with Crippen LogP contribution < -0.4 is 28.5 Å². The van der Waals surface area contributed by atoms with Crippen LogP contribution in [-0.4, -0.2) is 0 Å². The van der Waals surface area contributed by atoms with Gasteiger partial charge in [-0.1, -0.05) is 81.0 Å². The van der Waals surface area contributed by atoms with E-state index in [1.807, 2.05) is 24.3 Å². The molecule has 0 saturated heterocycles. The number of nitrogens with zero attached hydrogens (tertiary/aromatic N) is 2. The van der Waals surface area contributed by atoms with Crippen LogP contribution in [-0.2, 0) is 6.54 Å². The van der Waals surface area contributed by atoms with E-state index in [1.165, 1.54) is 73.6 Å². The van der Waals surface area contributed by atoms with Crippen LogP contribution in [0.1, 0.15) is 63.4 Å². The van der Waals surface area contributed by atoms with E-state index in [-0.39, 0.29) is 24.0 Å². The Morgan fingerprint density at radius 2 is 1.71 bits per heavy atom. The van der Waals surface area contributed by atoms with Crippen molar-refractivity contribution in [2.75, 3.05) is 0 Å². The summed E-state index contributed by atoms with van der Waals surface area (Å²) in [5, 5.41) is 10.7. The van der Waals surface area contributed by atoms with Crippen LogP contribution in [0.2, 0.25) is 0 Å². The van der Waals surface area contributed by atoms with E-state index in [9.17, 15) is 5.26 Å². The van der Waals surface area contributed by atoms with E-state index in [0.29, 0.717) is 0 Å². The van der Waals surface area contributed by atoms with E-state index in [2.05, 4.69) is 47.2 Å². The van der Waals surface area contributed by atoms with Gasteiger partial charge in [-0.25, -0.2) is 0 Å². The Hall–Kier alpha value is -1.58. The quantitative estimate of drug-likeness (QED) is 0.241. The molecule has 4 heteroatoms. The van der Waals surface area contributed by atoms with Gasteiger partial charge in [0.2, 0.25) is 5.52 Å². The molecule has 0 atom stereocenters. The third kappa shape index (κ3) is 6.70. The van der Waals surface area contributed by atoms with Gasteiger partial charge in [0, 0.05) is 22.8 Å². The average Bonchev–Trinajstić information content (AvgIpc) is 2.80. The van der Waals surface area contributed by atoms with Gasteiger partial charge in [0.1, 0.15) is 12.6 Å². The topological polar surface area (TPSA) is 27.7 Å². The lowest BCUT2D eigenvalue weighted by molar-refractivity contribution is -0.673. The monoisotopic (exact) mass is 542 g/mol. The molecule has 1 fully saturated rings. The third-order valence-corrected chi connectivity index (χ3v) is 7.33. The zero-order valence-electron chi connectivity index (χ0n) is 18.1. The van der Waals surface area contributed by atoms with Crippen LogP contribution in [0.15, 0.2) is 70.6 Å². The highest BCUT2D eigenvalue weighted by molar-refractivity contribution is 7.99. The van der Waals surface area contributed by atoms with Gasteiger partial charge in [-0.2, -0.15) is 9.83 Å². The Morgan fingerprint density at radius 3 is 2.55 bits per heavy atom. The molecule has 1 aliphatic rings. The molecule has 0 N–H and O–H groups in total. The molecule has 0 bridgehead atoms. The summed E-state index contributed by atoms with van der Waals surface area (Å²) in [5.41, 5.74) is 2.03. The van der Waals surface area contributed by atoms with Crippen molar-refractivity contribution in [3.63, 3.8) is 0 Å². The fourth-order valence-corrected chi connectivity index (χ4v) is 5.66. The van der Waals surface area contributed by atoms with E-state index < -0.39 is 0 Å². The van der Waals surface area contributed by atoms with Gasteiger partial charge < -0.3 is 24.0 Å². The third-order valence-electron chi connectivity index (χ3n) is 6.30. The number of hydrogen-bond acceptors (Lipinski definition) is 2. The summed E-state index contributed by atoms with van der Waals surface area (Å²) in [6.45, 7) is 1.06. The number of unbranched alkanes of at least 4 members (excludes halogenated alkanes) is 2. The predicted octanol–water partition coefficient (Wildman–Crippen LogP) is 4.29. The van der Waals surface area contributed by atoms with Gasteiger partial charge >= 0.3 is 0 Å². The fraction of sp³-hybridized carbons (Fsp3) is 0.407. The van der Waals surface area contributed by atoms with Crippen LogP contribution >= 0.6 is 11.8 Å². The van der Waals surface area contributed by atoms with Gasteiger partial charge in [-0.15, -0.1) is 0 Å². The van der Waals surface area contributed by atoms with Crippen LogP contribution in [0, 0.1) is 17.2 Å². The normalized spacial score (nSPS) is 14.2. The molecule has 1 aromatic heterocycles. The standard InChI is InChI=1S/C27H31N2S.HI/c28-20-24-15-7-9-17-27(24)30-25-19-23-14-6-8-16-26(23)29(21-25)18-10-2-5-13-22-11-3-1-4-12-22;/h6-9,14-17,19,21-22H,1-5,10-13,18H2;1H/q+1;/p-1. The molecule has 1 saturated carbocycles. The smallest absolute Gasteiger partial charge is 0.212 e. The van der Waals surface area contributed by atoms with Gasteiger partial charge in [0.15, 0.2) is 6.20 Å². The van der Waals surface area contributed by atoms with Crippen molar-refractivity contribution in [1.82, 2.24) is 0 Å². The maximum Gasteiger partial charge on any atom is 0.212 e. The van der Waals surface area contributed by atoms with Gasteiger partial charge in [0.25, 0.3) is 0 Å². The highest BCUT2D eigenvalue weighted by Gasteiger charge is 2.15. The molecule has 0 unspecified atom stereocenters. The van der Waals surface area contributed by atoms with E-state index in [4.69, 9.17) is 0 Å². The number of aryl methyl sites for hydroxylation is 1. The van der Waals surface area contributed by atoms with Crippen molar-refractivity contribution in [1.29, 1.82) is 5.26 Å². The number of nitriles is 1. The van der Waals surface area contributed by atoms with Gasteiger partial charge in [-0.3, -0.25) is 0 Å². The number of rotatable bonds is 8. The second-order valence-corrected chi connectivity index (χ2v) is 9.61. The number of benzene rings is 2. The highest BCUT2D eigenvalue weighted by Crippen LogP contribution is 2.31. The number of aromatic nitrogens is 1. The summed E-state index contributed by atoms with van der Waals surface area (Å²) >= 11 is 1.69. The van der Waals surface area contributed by atoms with E-state index >= 15 is 0 Å². The largest absolute Gasteiger partial charge is 1.00 e. The lowest BCUT2D eigenvalue weighted by Gasteiger charge is -2.21. The molecule has 2 aromatic carbocycles. The van der Waals surface area contributed by atoms with Crippen molar-refractivity contribution in [2.45, 2.75) is 74.1 Å². The minimum absolute atomic E-state index is 0. The Morgan fingerprint density at radius 1 is 0.935 bits per heavy atom. The Labute approximate surface area is 208 Å². The summed E-state index contributed by atoms with van der Waals surface area (Å²) in [6, 6.07) is 21.1. The maximum absolute atomic E-state index is 9.42. The lowest BCUT2D eigenvalue weighted by atomic mass is 9.85. The molecule has 0 radical (unpaired) electrons. The zero-order chi connectivity index (χ0) is 20.6. The molecule has 1 aliphatic carbocycles. The van der Waals surface area contributed by atoms with E-state index in [0.717, 1.165) is 22.9 Å². The molecule has 31 heavy (non-hydrogen) atoms. The number of fused-ring (bicyclic) bond motifs is 1. The fourth-order valence-electron chi connectivity index (χ4n) is 4.67. The molecule has 162 valence electrons. The lowest BCUT2D eigenvalue weighted by Crippen LogP contribution is -3.00. The molecule has 0 aliphatic heterocycles. The number of para-hydroxylation sites is 1. The Balaban J connectivity index is 0.00000272. The Bertz CT molecular complexity index is 1020. The first-order valence-corrected chi connectivity index (χ1v) is 12.2. The van der Waals surface area contributed by atoms with Crippen molar-refractivity contribution in [3.8, 4) is 6.07 Å². The minimum Gasteiger partial charge on any atom is -1.00 e.